The summed E-state index contributed by atoms with van der Waals surface area (Å²) in [7, 11) is 1.42. The predicted molar refractivity (Wildman–Crippen MR) is 112 cm³/mol. The van der Waals surface area contributed by atoms with Crippen LogP contribution in [0.1, 0.15) is 31.4 Å². The number of halogens is 4. The first-order valence-corrected chi connectivity index (χ1v) is 9.61. The van der Waals surface area contributed by atoms with Crippen molar-refractivity contribution in [3.05, 3.63) is 58.1 Å². The first-order chi connectivity index (χ1) is 14.6. The van der Waals surface area contributed by atoms with Crippen LogP contribution in [0.2, 0.25) is 5.02 Å². The molecule has 164 valence electrons. The Kier molecular flexibility index (Phi) is 7.95. The van der Waals surface area contributed by atoms with Crippen LogP contribution in [0.25, 0.3) is 6.08 Å². The zero-order chi connectivity index (χ0) is 23.2. The van der Waals surface area contributed by atoms with Gasteiger partial charge in [0.05, 0.1) is 23.8 Å². The van der Waals surface area contributed by atoms with Gasteiger partial charge in [0.15, 0.2) is 11.5 Å². The normalized spacial score (nSPS) is 12.6. The minimum Gasteiger partial charge on any atom is -0.493 e. The minimum absolute atomic E-state index is 0.0890. The van der Waals surface area contributed by atoms with E-state index in [4.69, 9.17) is 21.1 Å². The molecule has 0 aromatic heterocycles. The van der Waals surface area contributed by atoms with Crippen molar-refractivity contribution in [2.45, 2.75) is 32.5 Å². The fraction of sp³-hybridized carbons (Fsp3) is 0.273. The number of methoxy groups -OCH3 is 1. The van der Waals surface area contributed by atoms with Crippen LogP contribution in [0.3, 0.4) is 0 Å². The second kappa shape index (κ2) is 10.2. The van der Waals surface area contributed by atoms with Gasteiger partial charge in [0.2, 0.25) is 0 Å². The summed E-state index contributed by atoms with van der Waals surface area (Å²) in [5.74, 6) is -0.214. The van der Waals surface area contributed by atoms with Crippen molar-refractivity contribution in [1.82, 2.24) is 0 Å². The molecule has 9 heteroatoms. The molecular weight excluding hydrogens is 433 g/mol. The number of benzene rings is 2. The third-order valence-corrected chi connectivity index (χ3v) is 4.55. The molecule has 0 spiro atoms. The van der Waals surface area contributed by atoms with Crippen LogP contribution in [0.15, 0.2) is 42.0 Å². The van der Waals surface area contributed by atoms with Gasteiger partial charge in [-0.1, -0.05) is 24.6 Å². The summed E-state index contributed by atoms with van der Waals surface area (Å²) in [5.41, 5.74) is -0.949. The highest BCUT2D eigenvalue weighted by Crippen LogP contribution is 2.38. The third-order valence-electron chi connectivity index (χ3n) is 4.27. The number of hydrogen-bond donors (Lipinski definition) is 1. The zero-order valence-electron chi connectivity index (χ0n) is 17.0. The highest BCUT2D eigenvalue weighted by atomic mass is 35.5. The molecule has 1 amide bonds. The first kappa shape index (κ1) is 24.1. The molecule has 1 N–H and O–H groups in total. The Morgan fingerprint density at radius 3 is 2.61 bits per heavy atom. The standard InChI is InChI=1S/C22H20ClF3N2O3/c1-4-13(2)31-20-18(23)9-14(10-19(20)30-3)8-15(12-27)21(29)28-17-7-5-6-16(11-17)22(24,25)26/h5-11,13H,4H2,1-3H3,(H,28,29)/b15-8-/t13-/m0/s1. The Labute approximate surface area is 183 Å². The predicted octanol–water partition coefficient (Wildman–Crippen LogP) is 6.09. The largest absolute Gasteiger partial charge is 0.493 e. The van der Waals surface area contributed by atoms with Gasteiger partial charge in [-0.2, -0.15) is 18.4 Å². The van der Waals surface area contributed by atoms with E-state index < -0.39 is 17.6 Å². The van der Waals surface area contributed by atoms with Crippen molar-refractivity contribution in [2.75, 3.05) is 12.4 Å². The molecule has 5 nitrogen and oxygen atoms in total. The van der Waals surface area contributed by atoms with Crippen LogP contribution in [-0.2, 0) is 11.0 Å². The van der Waals surface area contributed by atoms with Crippen LogP contribution < -0.4 is 14.8 Å². The van der Waals surface area contributed by atoms with Crippen molar-refractivity contribution in [3.8, 4) is 17.6 Å². The number of ether oxygens (including phenoxy) is 2. The number of nitrogens with zero attached hydrogens (tertiary/aromatic N) is 1. The lowest BCUT2D eigenvalue weighted by Crippen LogP contribution is -2.14. The second-order valence-corrected chi connectivity index (χ2v) is 6.98. The maximum atomic E-state index is 12.9. The molecule has 2 rings (SSSR count). The number of carbonyl (C=O) groups is 1. The first-order valence-electron chi connectivity index (χ1n) is 9.23. The number of anilines is 1. The molecule has 2 aromatic carbocycles. The number of rotatable bonds is 7. The number of alkyl halides is 3. The summed E-state index contributed by atoms with van der Waals surface area (Å²) in [6.45, 7) is 3.82. The number of nitrogens with one attached hydrogen (secondary N) is 1. The fourth-order valence-corrected chi connectivity index (χ4v) is 2.77. The number of nitriles is 1. The second-order valence-electron chi connectivity index (χ2n) is 6.57. The lowest BCUT2D eigenvalue weighted by Gasteiger charge is -2.17. The van der Waals surface area contributed by atoms with E-state index in [1.165, 1.54) is 25.3 Å². The van der Waals surface area contributed by atoms with E-state index >= 15 is 0 Å². The molecule has 2 aromatic rings. The van der Waals surface area contributed by atoms with E-state index in [1.54, 1.807) is 12.1 Å². The average Bonchev–Trinajstić information content (AvgIpc) is 2.72. The van der Waals surface area contributed by atoms with E-state index in [0.29, 0.717) is 17.1 Å². The van der Waals surface area contributed by atoms with Crippen LogP contribution in [0, 0.1) is 11.3 Å². The Bertz CT molecular complexity index is 1030. The molecule has 0 radical (unpaired) electrons. The Balaban J connectivity index is 2.32. The number of hydrogen-bond acceptors (Lipinski definition) is 4. The molecule has 0 aliphatic rings. The molecule has 0 aliphatic heterocycles. The summed E-state index contributed by atoms with van der Waals surface area (Å²) < 4.78 is 49.6. The van der Waals surface area contributed by atoms with Crippen molar-refractivity contribution in [3.63, 3.8) is 0 Å². The third kappa shape index (κ3) is 6.40. The van der Waals surface area contributed by atoms with Gasteiger partial charge < -0.3 is 14.8 Å². The van der Waals surface area contributed by atoms with Gasteiger partial charge in [0.1, 0.15) is 11.6 Å². The highest BCUT2D eigenvalue weighted by Gasteiger charge is 2.30. The highest BCUT2D eigenvalue weighted by molar-refractivity contribution is 6.32. The van der Waals surface area contributed by atoms with Gasteiger partial charge in [-0.3, -0.25) is 4.79 Å². The fourth-order valence-electron chi connectivity index (χ4n) is 2.51. The van der Waals surface area contributed by atoms with E-state index in [2.05, 4.69) is 5.32 Å². The number of amides is 1. The van der Waals surface area contributed by atoms with Crippen molar-refractivity contribution in [1.29, 1.82) is 5.26 Å². The molecule has 0 fully saturated rings. The lowest BCUT2D eigenvalue weighted by molar-refractivity contribution is -0.137. The van der Waals surface area contributed by atoms with Gasteiger partial charge >= 0.3 is 6.18 Å². The monoisotopic (exact) mass is 452 g/mol. The van der Waals surface area contributed by atoms with Crippen molar-refractivity contribution in [2.24, 2.45) is 0 Å². The molecule has 0 aliphatic carbocycles. The molecular formula is C22H20ClF3N2O3. The van der Waals surface area contributed by atoms with Crippen LogP contribution in [-0.4, -0.2) is 19.1 Å². The molecule has 0 saturated carbocycles. The molecule has 0 saturated heterocycles. The summed E-state index contributed by atoms with van der Waals surface area (Å²) >= 11 is 6.29. The Hall–Kier alpha value is -3.18. The molecule has 1 atom stereocenters. The molecule has 0 unspecified atom stereocenters. The van der Waals surface area contributed by atoms with Gasteiger partial charge in [0.25, 0.3) is 5.91 Å². The summed E-state index contributed by atoms with van der Waals surface area (Å²) in [6.07, 6.45) is -2.67. The number of carbonyl (C=O) groups excluding carboxylic acids is 1. The Morgan fingerprint density at radius 1 is 1.32 bits per heavy atom. The van der Waals surface area contributed by atoms with Gasteiger partial charge in [-0.15, -0.1) is 0 Å². The quantitative estimate of drug-likeness (QED) is 0.407. The van der Waals surface area contributed by atoms with Crippen LogP contribution in [0.4, 0.5) is 18.9 Å². The van der Waals surface area contributed by atoms with E-state index in [9.17, 15) is 23.2 Å². The average molecular weight is 453 g/mol. The van der Waals surface area contributed by atoms with E-state index in [-0.39, 0.29) is 22.4 Å². The summed E-state index contributed by atoms with van der Waals surface area (Å²) in [4.78, 5) is 12.4. The van der Waals surface area contributed by atoms with Gasteiger partial charge in [0, 0.05) is 5.69 Å². The van der Waals surface area contributed by atoms with Gasteiger partial charge in [-0.05, 0) is 55.3 Å². The van der Waals surface area contributed by atoms with E-state index in [0.717, 1.165) is 24.6 Å². The molecule has 0 heterocycles. The van der Waals surface area contributed by atoms with Crippen molar-refractivity contribution < 1.29 is 27.4 Å². The maximum Gasteiger partial charge on any atom is 0.416 e. The summed E-state index contributed by atoms with van der Waals surface area (Å²) in [5, 5.41) is 11.9. The smallest absolute Gasteiger partial charge is 0.416 e. The maximum absolute atomic E-state index is 12.9. The van der Waals surface area contributed by atoms with Gasteiger partial charge in [-0.25, -0.2) is 0 Å². The van der Waals surface area contributed by atoms with E-state index in [1.807, 2.05) is 13.8 Å². The van der Waals surface area contributed by atoms with Crippen LogP contribution >= 0.6 is 11.6 Å². The van der Waals surface area contributed by atoms with Crippen LogP contribution in [0.5, 0.6) is 11.5 Å². The lowest BCUT2D eigenvalue weighted by atomic mass is 10.1. The Morgan fingerprint density at radius 2 is 2.03 bits per heavy atom. The zero-order valence-corrected chi connectivity index (χ0v) is 17.8. The SMILES string of the molecule is CC[C@H](C)Oc1c(Cl)cc(/C=C(/C#N)C(=O)Nc2cccc(C(F)(F)F)c2)cc1OC. The minimum atomic E-state index is -4.55. The van der Waals surface area contributed by atoms with Crippen molar-refractivity contribution >= 4 is 29.3 Å². The molecule has 31 heavy (non-hydrogen) atoms. The summed E-state index contributed by atoms with van der Waals surface area (Å²) in [6, 6.07) is 8.90. The molecule has 0 bridgehead atoms. The topological polar surface area (TPSA) is 71.3 Å².